The van der Waals surface area contributed by atoms with E-state index in [-0.39, 0.29) is 11.9 Å². The zero-order valence-corrected chi connectivity index (χ0v) is 11.3. The van der Waals surface area contributed by atoms with Gasteiger partial charge in [-0.2, -0.15) is 0 Å². The summed E-state index contributed by atoms with van der Waals surface area (Å²) in [4.78, 5) is 30.0. The zero-order valence-electron chi connectivity index (χ0n) is 11.3. The number of piperidine rings is 1. The molecule has 1 saturated heterocycles. The topological polar surface area (TPSA) is 59.5 Å². The van der Waals surface area contributed by atoms with Gasteiger partial charge in [-0.05, 0) is 38.3 Å². The fourth-order valence-electron chi connectivity index (χ4n) is 2.37. The quantitative estimate of drug-likeness (QED) is 0.759. The molecule has 1 fully saturated rings. The molecule has 5 nitrogen and oxygen atoms in total. The van der Waals surface area contributed by atoms with E-state index in [1.807, 2.05) is 13.0 Å². The van der Waals surface area contributed by atoms with E-state index in [0.717, 1.165) is 18.5 Å². The van der Waals surface area contributed by atoms with Gasteiger partial charge in [-0.3, -0.25) is 4.79 Å². The van der Waals surface area contributed by atoms with Gasteiger partial charge in [0.05, 0.1) is 7.11 Å². The first-order valence-electron chi connectivity index (χ1n) is 6.46. The second-order valence-corrected chi connectivity index (χ2v) is 4.70. The molecule has 1 amide bonds. The van der Waals surface area contributed by atoms with Crippen LogP contribution in [0, 0.1) is 6.92 Å². The van der Waals surface area contributed by atoms with Crippen molar-refractivity contribution < 1.29 is 14.3 Å². The number of pyridine rings is 1. The Morgan fingerprint density at radius 2 is 2.16 bits per heavy atom. The van der Waals surface area contributed by atoms with Gasteiger partial charge in [-0.1, -0.05) is 6.07 Å². The van der Waals surface area contributed by atoms with Crippen LogP contribution in [-0.2, 0) is 9.53 Å². The van der Waals surface area contributed by atoms with Gasteiger partial charge in [0.1, 0.15) is 11.7 Å². The van der Waals surface area contributed by atoms with E-state index < -0.39 is 6.04 Å². The molecule has 0 aromatic carbocycles. The van der Waals surface area contributed by atoms with Gasteiger partial charge >= 0.3 is 5.97 Å². The van der Waals surface area contributed by atoms with Crippen LogP contribution in [0.25, 0.3) is 0 Å². The number of carbonyl (C=O) groups excluding carboxylic acids is 2. The van der Waals surface area contributed by atoms with Crippen LogP contribution in [0.4, 0.5) is 0 Å². The van der Waals surface area contributed by atoms with Crippen LogP contribution >= 0.6 is 0 Å². The lowest BCUT2D eigenvalue weighted by Crippen LogP contribution is -2.48. The molecule has 0 unspecified atom stereocenters. The fourth-order valence-corrected chi connectivity index (χ4v) is 2.37. The third-order valence-corrected chi connectivity index (χ3v) is 3.34. The number of rotatable bonds is 2. The van der Waals surface area contributed by atoms with Gasteiger partial charge in [-0.15, -0.1) is 0 Å². The van der Waals surface area contributed by atoms with Crippen LogP contribution in [0.15, 0.2) is 18.2 Å². The van der Waals surface area contributed by atoms with E-state index in [2.05, 4.69) is 4.98 Å². The minimum absolute atomic E-state index is 0.196. The predicted octanol–water partition coefficient (Wildman–Crippen LogP) is 1.56. The Bertz CT molecular complexity index is 487. The standard InChI is InChI=1S/C14H18N2O3/c1-10-6-5-7-11(15-10)13(17)16-9-4-3-8-12(16)14(18)19-2/h5-7,12H,3-4,8-9H2,1-2H3/t12-/m1/s1. The van der Waals surface area contributed by atoms with E-state index in [9.17, 15) is 9.59 Å². The van der Waals surface area contributed by atoms with E-state index in [4.69, 9.17) is 4.74 Å². The van der Waals surface area contributed by atoms with E-state index in [1.165, 1.54) is 7.11 Å². The summed E-state index contributed by atoms with van der Waals surface area (Å²) in [6.45, 7) is 2.42. The molecule has 0 radical (unpaired) electrons. The summed E-state index contributed by atoms with van der Waals surface area (Å²) in [7, 11) is 1.35. The van der Waals surface area contributed by atoms with Crippen molar-refractivity contribution in [1.82, 2.24) is 9.88 Å². The number of carbonyl (C=O) groups is 2. The third-order valence-electron chi connectivity index (χ3n) is 3.34. The lowest BCUT2D eigenvalue weighted by Gasteiger charge is -2.33. The van der Waals surface area contributed by atoms with Crippen molar-refractivity contribution in [3.05, 3.63) is 29.6 Å². The molecule has 19 heavy (non-hydrogen) atoms. The van der Waals surface area contributed by atoms with Crippen molar-refractivity contribution >= 4 is 11.9 Å². The number of ether oxygens (including phenoxy) is 1. The number of aromatic nitrogens is 1. The van der Waals surface area contributed by atoms with Gasteiger partial charge in [0.25, 0.3) is 5.91 Å². The van der Waals surface area contributed by atoms with E-state index in [1.54, 1.807) is 17.0 Å². The maximum Gasteiger partial charge on any atom is 0.328 e. The molecular weight excluding hydrogens is 244 g/mol. The molecule has 5 heteroatoms. The van der Waals surface area contributed by atoms with E-state index >= 15 is 0 Å². The molecule has 0 bridgehead atoms. The minimum Gasteiger partial charge on any atom is -0.467 e. The van der Waals surface area contributed by atoms with Gasteiger partial charge in [0.15, 0.2) is 0 Å². The Balaban J connectivity index is 2.22. The molecule has 0 spiro atoms. The van der Waals surface area contributed by atoms with Gasteiger partial charge < -0.3 is 9.64 Å². The summed E-state index contributed by atoms with van der Waals surface area (Å²) in [6.07, 6.45) is 2.50. The van der Waals surface area contributed by atoms with Crippen LogP contribution in [0.3, 0.4) is 0 Å². The monoisotopic (exact) mass is 262 g/mol. The molecule has 1 aliphatic rings. The molecule has 2 heterocycles. The van der Waals surface area contributed by atoms with Gasteiger partial charge in [0.2, 0.25) is 0 Å². The number of esters is 1. The smallest absolute Gasteiger partial charge is 0.328 e. The summed E-state index contributed by atoms with van der Waals surface area (Å²) in [6, 6.07) is 4.84. The molecule has 1 aromatic rings. The minimum atomic E-state index is -0.478. The Morgan fingerprint density at radius 1 is 1.37 bits per heavy atom. The number of hydrogen-bond acceptors (Lipinski definition) is 4. The predicted molar refractivity (Wildman–Crippen MR) is 69.7 cm³/mol. The maximum atomic E-state index is 12.4. The summed E-state index contributed by atoms with van der Waals surface area (Å²) < 4.78 is 4.78. The summed E-state index contributed by atoms with van der Waals surface area (Å²) >= 11 is 0. The molecule has 102 valence electrons. The summed E-state index contributed by atoms with van der Waals surface area (Å²) in [5.74, 6) is -0.542. The molecule has 1 aliphatic heterocycles. The van der Waals surface area contributed by atoms with Crippen molar-refractivity contribution in [3.63, 3.8) is 0 Å². The molecule has 0 N–H and O–H groups in total. The van der Waals surface area contributed by atoms with Crippen LogP contribution in [0.2, 0.25) is 0 Å². The molecular formula is C14H18N2O3. The van der Waals surface area contributed by atoms with Crippen LogP contribution in [-0.4, -0.2) is 41.5 Å². The number of amides is 1. The number of methoxy groups -OCH3 is 1. The first-order chi connectivity index (χ1) is 9.13. The molecule has 1 aromatic heterocycles. The fraction of sp³-hybridized carbons (Fsp3) is 0.500. The van der Waals surface area contributed by atoms with Crippen molar-refractivity contribution in [2.24, 2.45) is 0 Å². The second kappa shape index (κ2) is 5.82. The van der Waals surface area contributed by atoms with Gasteiger partial charge in [-0.25, -0.2) is 9.78 Å². The van der Waals surface area contributed by atoms with Crippen LogP contribution in [0.5, 0.6) is 0 Å². The zero-order chi connectivity index (χ0) is 13.8. The number of nitrogens with zero attached hydrogens (tertiary/aromatic N) is 2. The first kappa shape index (κ1) is 13.5. The Morgan fingerprint density at radius 3 is 2.84 bits per heavy atom. The normalized spacial score (nSPS) is 19.1. The van der Waals surface area contributed by atoms with Gasteiger partial charge in [0, 0.05) is 12.2 Å². The average molecular weight is 262 g/mol. The largest absolute Gasteiger partial charge is 0.467 e. The third kappa shape index (κ3) is 2.92. The number of likely N-dealkylation sites (tertiary alicyclic amines) is 1. The van der Waals surface area contributed by atoms with Crippen molar-refractivity contribution in [2.75, 3.05) is 13.7 Å². The average Bonchev–Trinajstić information content (AvgIpc) is 2.45. The second-order valence-electron chi connectivity index (χ2n) is 4.70. The lowest BCUT2D eigenvalue weighted by molar-refractivity contribution is -0.147. The SMILES string of the molecule is COC(=O)[C@H]1CCCCN1C(=O)c1cccc(C)n1. The highest BCUT2D eigenvalue weighted by Gasteiger charge is 2.33. The highest BCUT2D eigenvalue weighted by Crippen LogP contribution is 2.20. The van der Waals surface area contributed by atoms with E-state index in [0.29, 0.717) is 18.7 Å². The Labute approximate surface area is 112 Å². The van der Waals surface area contributed by atoms with Crippen molar-refractivity contribution in [3.8, 4) is 0 Å². The number of aryl methyl sites for hydroxylation is 1. The Hall–Kier alpha value is -1.91. The molecule has 2 rings (SSSR count). The first-order valence-corrected chi connectivity index (χ1v) is 6.46. The highest BCUT2D eigenvalue weighted by atomic mass is 16.5. The Kier molecular flexibility index (Phi) is 4.14. The molecule has 0 saturated carbocycles. The maximum absolute atomic E-state index is 12.4. The molecule has 1 atom stereocenters. The number of hydrogen-bond donors (Lipinski definition) is 0. The summed E-state index contributed by atoms with van der Waals surface area (Å²) in [5, 5.41) is 0. The van der Waals surface area contributed by atoms with Crippen molar-refractivity contribution in [2.45, 2.75) is 32.2 Å². The van der Waals surface area contributed by atoms with Crippen molar-refractivity contribution in [1.29, 1.82) is 0 Å². The van der Waals surface area contributed by atoms with Crippen LogP contribution < -0.4 is 0 Å². The lowest BCUT2D eigenvalue weighted by atomic mass is 10.0. The molecule has 0 aliphatic carbocycles. The van der Waals surface area contributed by atoms with Crippen LogP contribution in [0.1, 0.15) is 35.4 Å². The highest BCUT2D eigenvalue weighted by molar-refractivity contribution is 5.95. The summed E-state index contributed by atoms with van der Waals surface area (Å²) in [5.41, 5.74) is 1.17.